The highest BCUT2D eigenvalue weighted by molar-refractivity contribution is 5.81. The van der Waals surface area contributed by atoms with Crippen LogP contribution in [0.5, 0.6) is 0 Å². The Bertz CT molecular complexity index is 525. The van der Waals surface area contributed by atoms with Crippen LogP contribution in [0.3, 0.4) is 0 Å². The van der Waals surface area contributed by atoms with Gasteiger partial charge in [0.15, 0.2) is 0 Å². The van der Waals surface area contributed by atoms with Crippen LogP contribution in [0.1, 0.15) is 25.3 Å². The molecule has 1 amide bonds. The Morgan fingerprint density at radius 3 is 2.55 bits per heavy atom. The van der Waals surface area contributed by atoms with Crippen molar-refractivity contribution in [1.29, 1.82) is 5.26 Å². The first-order valence-corrected chi connectivity index (χ1v) is 7.07. The third-order valence-corrected chi connectivity index (χ3v) is 3.05. The van der Waals surface area contributed by atoms with Crippen LogP contribution in [0.15, 0.2) is 30.3 Å². The average molecular weight is 304 g/mol. The van der Waals surface area contributed by atoms with Crippen LogP contribution >= 0.6 is 0 Å². The van der Waals surface area contributed by atoms with E-state index in [4.69, 9.17) is 14.7 Å². The van der Waals surface area contributed by atoms with Gasteiger partial charge < -0.3 is 9.47 Å². The zero-order chi connectivity index (χ0) is 16.4. The van der Waals surface area contributed by atoms with Gasteiger partial charge in [-0.2, -0.15) is 5.26 Å². The van der Waals surface area contributed by atoms with E-state index in [9.17, 15) is 9.59 Å². The molecule has 0 fully saturated rings. The number of ether oxygens (including phenoxy) is 2. The fraction of sp³-hybridized carbons (Fsp3) is 0.438. The van der Waals surface area contributed by atoms with Crippen LogP contribution in [0.2, 0.25) is 0 Å². The van der Waals surface area contributed by atoms with E-state index in [0.29, 0.717) is 0 Å². The Kier molecular flexibility index (Phi) is 7.48. The lowest BCUT2D eigenvalue weighted by atomic mass is 10.1. The largest absolute Gasteiger partial charge is 0.464 e. The number of amides is 1. The van der Waals surface area contributed by atoms with Gasteiger partial charge in [-0.25, -0.2) is 9.59 Å². The summed E-state index contributed by atoms with van der Waals surface area (Å²) < 4.78 is 10.1. The number of hydrogen-bond donors (Lipinski definition) is 0. The van der Waals surface area contributed by atoms with Gasteiger partial charge in [0.05, 0.1) is 12.7 Å². The lowest BCUT2D eigenvalue weighted by Crippen LogP contribution is -2.43. The number of likely N-dealkylation sites (N-methyl/N-ethyl adjacent to an activating group) is 1. The van der Waals surface area contributed by atoms with Gasteiger partial charge in [0.25, 0.3) is 0 Å². The van der Waals surface area contributed by atoms with Crippen LogP contribution in [-0.4, -0.2) is 36.7 Å². The van der Waals surface area contributed by atoms with Crippen molar-refractivity contribution >= 4 is 12.1 Å². The van der Waals surface area contributed by atoms with Gasteiger partial charge in [0.1, 0.15) is 12.6 Å². The summed E-state index contributed by atoms with van der Waals surface area (Å²) in [5.41, 5.74) is 0.856. The molecule has 0 aromatic heterocycles. The first-order chi connectivity index (χ1) is 10.6. The predicted molar refractivity (Wildman–Crippen MR) is 79.7 cm³/mol. The van der Waals surface area contributed by atoms with Crippen LogP contribution in [0.25, 0.3) is 0 Å². The maximum atomic E-state index is 12.0. The van der Waals surface area contributed by atoms with Crippen molar-refractivity contribution in [2.45, 2.75) is 32.4 Å². The normalized spacial score (nSPS) is 11.1. The Morgan fingerprint density at radius 2 is 1.95 bits per heavy atom. The van der Waals surface area contributed by atoms with Crippen molar-refractivity contribution in [2.75, 3.05) is 13.7 Å². The Balaban J connectivity index is 2.63. The maximum Gasteiger partial charge on any atom is 0.410 e. The van der Waals surface area contributed by atoms with Gasteiger partial charge in [-0.3, -0.25) is 4.90 Å². The van der Waals surface area contributed by atoms with Crippen molar-refractivity contribution in [2.24, 2.45) is 0 Å². The second kappa shape index (κ2) is 9.40. The molecule has 0 aliphatic carbocycles. The molecule has 6 heteroatoms. The first kappa shape index (κ1) is 17.5. The third kappa shape index (κ3) is 5.44. The molecule has 0 radical (unpaired) electrons. The van der Waals surface area contributed by atoms with Gasteiger partial charge in [-0.1, -0.05) is 30.3 Å². The molecule has 0 saturated carbocycles. The number of hydrogen-bond acceptors (Lipinski definition) is 5. The molecule has 0 bridgehead atoms. The van der Waals surface area contributed by atoms with Gasteiger partial charge >= 0.3 is 12.1 Å². The molecule has 1 rings (SSSR count). The van der Waals surface area contributed by atoms with E-state index in [1.54, 1.807) is 6.92 Å². The number of carbonyl (C=O) groups excluding carboxylic acids is 2. The molecule has 0 saturated heterocycles. The van der Waals surface area contributed by atoms with E-state index in [0.717, 1.165) is 5.56 Å². The topological polar surface area (TPSA) is 79.6 Å². The van der Waals surface area contributed by atoms with E-state index in [-0.39, 0.29) is 26.1 Å². The average Bonchev–Trinajstić information content (AvgIpc) is 2.54. The molecule has 22 heavy (non-hydrogen) atoms. The minimum atomic E-state index is -0.817. The fourth-order valence-electron chi connectivity index (χ4n) is 1.86. The van der Waals surface area contributed by atoms with Crippen molar-refractivity contribution in [3.8, 4) is 6.07 Å². The van der Waals surface area contributed by atoms with E-state index < -0.39 is 18.1 Å². The van der Waals surface area contributed by atoms with E-state index in [1.165, 1.54) is 11.9 Å². The van der Waals surface area contributed by atoms with Crippen LogP contribution in [0, 0.1) is 11.3 Å². The zero-order valence-electron chi connectivity index (χ0n) is 12.8. The van der Waals surface area contributed by atoms with Crippen molar-refractivity contribution in [3.63, 3.8) is 0 Å². The molecule has 6 nitrogen and oxygen atoms in total. The highest BCUT2D eigenvalue weighted by Crippen LogP contribution is 2.10. The summed E-state index contributed by atoms with van der Waals surface area (Å²) in [6, 6.07) is 10.4. The highest BCUT2D eigenvalue weighted by Gasteiger charge is 2.28. The monoisotopic (exact) mass is 304 g/mol. The van der Waals surface area contributed by atoms with E-state index in [2.05, 4.69) is 0 Å². The van der Waals surface area contributed by atoms with Crippen LogP contribution in [0.4, 0.5) is 4.79 Å². The molecule has 0 unspecified atom stereocenters. The summed E-state index contributed by atoms with van der Waals surface area (Å²) >= 11 is 0. The highest BCUT2D eigenvalue weighted by atomic mass is 16.6. The quantitative estimate of drug-likeness (QED) is 0.723. The maximum absolute atomic E-state index is 12.0. The summed E-state index contributed by atoms with van der Waals surface area (Å²) in [6.07, 6.45) is -0.258. The van der Waals surface area contributed by atoms with E-state index >= 15 is 0 Å². The molecule has 1 aromatic carbocycles. The van der Waals surface area contributed by atoms with Crippen molar-refractivity contribution in [1.82, 2.24) is 4.90 Å². The van der Waals surface area contributed by atoms with Gasteiger partial charge in [0.2, 0.25) is 0 Å². The first-order valence-electron chi connectivity index (χ1n) is 7.07. The fourth-order valence-corrected chi connectivity index (χ4v) is 1.86. The Labute approximate surface area is 130 Å². The number of carbonyl (C=O) groups is 2. The number of nitrogens with zero attached hydrogens (tertiary/aromatic N) is 2. The molecule has 0 heterocycles. The second-order valence-electron chi connectivity index (χ2n) is 4.62. The van der Waals surface area contributed by atoms with Crippen molar-refractivity contribution < 1.29 is 19.1 Å². The summed E-state index contributed by atoms with van der Waals surface area (Å²) in [7, 11) is 1.46. The second-order valence-corrected chi connectivity index (χ2v) is 4.62. The molecule has 118 valence electrons. The van der Waals surface area contributed by atoms with Crippen LogP contribution in [-0.2, 0) is 20.9 Å². The molecule has 1 aromatic rings. The summed E-state index contributed by atoms with van der Waals surface area (Å²) in [5, 5.41) is 8.66. The molecule has 0 N–H and O–H groups in total. The standard InChI is InChI=1S/C16H20N2O4/c1-3-21-15(19)14(10-7-11-17)18(2)16(20)22-12-13-8-5-4-6-9-13/h4-6,8-9,14H,3,7,10,12H2,1-2H3/t14-/m0/s1. The van der Waals surface area contributed by atoms with Gasteiger partial charge in [-0.05, 0) is 18.9 Å². The number of nitriles is 1. The van der Waals surface area contributed by atoms with Crippen LogP contribution < -0.4 is 0 Å². The summed E-state index contributed by atoms with van der Waals surface area (Å²) in [4.78, 5) is 25.1. The molecule has 0 aliphatic rings. The lowest BCUT2D eigenvalue weighted by molar-refractivity contribution is -0.148. The molecule has 0 spiro atoms. The number of esters is 1. The smallest absolute Gasteiger partial charge is 0.410 e. The molecule has 1 atom stereocenters. The SMILES string of the molecule is CCOC(=O)[C@H](CCC#N)N(C)C(=O)OCc1ccccc1. The lowest BCUT2D eigenvalue weighted by Gasteiger charge is -2.25. The van der Waals surface area contributed by atoms with Crippen molar-refractivity contribution in [3.05, 3.63) is 35.9 Å². The Hall–Kier alpha value is -2.55. The molecular weight excluding hydrogens is 284 g/mol. The Morgan fingerprint density at radius 1 is 1.27 bits per heavy atom. The minimum absolute atomic E-state index is 0.123. The van der Waals surface area contributed by atoms with Gasteiger partial charge in [0, 0.05) is 13.5 Å². The van der Waals surface area contributed by atoms with Gasteiger partial charge in [-0.15, -0.1) is 0 Å². The third-order valence-electron chi connectivity index (χ3n) is 3.05. The summed E-state index contributed by atoms with van der Waals surface area (Å²) in [5.74, 6) is -0.531. The number of benzene rings is 1. The zero-order valence-corrected chi connectivity index (χ0v) is 12.8. The van der Waals surface area contributed by atoms with E-state index in [1.807, 2.05) is 36.4 Å². The molecular formula is C16H20N2O4. The predicted octanol–water partition coefficient (Wildman–Crippen LogP) is 2.49. The summed E-state index contributed by atoms with van der Waals surface area (Å²) in [6.45, 7) is 2.03. The minimum Gasteiger partial charge on any atom is -0.464 e. The molecule has 0 aliphatic heterocycles. The number of rotatable bonds is 7.